The van der Waals surface area contributed by atoms with E-state index in [1.807, 2.05) is 0 Å². The number of methoxy groups -OCH3 is 1. The molecule has 0 aliphatic rings. The Bertz CT molecular complexity index is 1230. The molecule has 2 aromatic carbocycles. The Labute approximate surface area is 140 Å². The van der Waals surface area contributed by atoms with E-state index in [0.29, 0.717) is 22.1 Å². The Morgan fingerprint density at radius 3 is 2.44 bits per heavy atom. The van der Waals surface area contributed by atoms with E-state index in [1.54, 1.807) is 36.4 Å². The SMILES string of the molecule is COc1cc2cc(-c3ccc4ccc(=O)oc4c3)c(=O)oc2cc1O. The van der Waals surface area contributed by atoms with Crippen LogP contribution in [0.25, 0.3) is 33.1 Å². The molecule has 4 rings (SSSR count). The van der Waals surface area contributed by atoms with E-state index in [0.717, 1.165) is 5.39 Å². The molecule has 0 atom stereocenters. The van der Waals surface area contributed by atoms with Gasteiger partial charge in [0.05, 0.1) is 12.7 Å². The summed E-state index contributed by atoms with van der Waals surface area (Å²) in [6.45, 7) is 0. The Morgan fingerprint density at radius 1 is 0.880 bits per heavy atom. The minimum absolute atomic E-state index is 0.113. The van der Waals surface area contributed by atoms with Crippen molar-refractivity contribution in [3.05, 3.63) is 69.4 Å². The fourth-order valence-electron chi connectivity index (χ4n) is 2.73. The van der Waals surface area contributed by atoms with Crippen molar-refractivity contribution >= 4 is 21.9 Å². The van der Waals surface area contributed by atoms with Gasteiger partial charge in [0.25, 0.3) is 0 Å². The Balaban J connectivity index is 1.96. The van der Waals surface area contributed by atoms with E-state index >= 15 is 0 Å². The maximum atomic E-state index is 12.3. The molecule has 0 fully saturated rings. The first-order chi connectivity index (χ1) is 12.0. The van der Waals surface area contributed by atoms with Crippen molar-refractivity contribution < 1.29 is 18.7 Å². The van der Waals surface area contributed by atoms with Crippen LogP contribution in [-0.4, -0.2) is 12.2 Å². The van der Waals surface area contributed by atoms with Crippen molar-refractivity contribution in [2.24, 2.45) is 0 Å². The molecule has 1 N–H and O–H groups in total. The first-order valence-corrected chi connectivity index (χ1v) is 7.44. The number of hydrogen-bond donors (Lipinski definition) is 1. The molecule has 124 valence electrons. The standard InChI is InChI=1S/C19H12O6/c1-23-17-8-12-6-13(19(22)25-16(12)9-14(17)20)11-3-2-10-4-5-18(21)24-15(10)7-11/h2-9,20H,1H3. The van der Waals surface area contributed by atoms with E-state index < -0.39 is 11.3 Å². The molecule has 4 aromatic rings. The summed E-state index contributed by atoms with van der Waals surface area (Å²) in [5.41, 5.74) is 0.482. The number of fused-ring (bicyclic) bond motifs is 2. The highest BCUT2D eigenvalue weighted by molar-refractivity contribution is 5.87. The van der Waals surface area contributed by atoms with Crippen LogP contribution in [0.4, 0.5) is 0 Å². The van der Waals surface area contributed by atoms with Crippen molar-refractivity contribution in [3.8, 4) is 22.6 Å². The van der Waals surface area contributed by atoms with Gasteiger partial charge in [0.1, 0.15) is 11.2 Å². The maximum Gasteiger partial charge on any atom is 0.344 e. The second-order valence-electron chi connectivity index (χ2n) is 5.52. The van der Waals surface area contributed by atoms with Crippen LogP contribution in [0.15, 0.2) is 67.0 Å². The first-order valence-electron chi connectivity index (χ1n) is 7.44. The van der Waals surface area contributed by atoms with E-state index in [4.69, 9.17) is 13.6 Å². The molecular weight excluding hydrogens is 324 g/mol. The van der Waals surface area contributed by atoms with Crippen molar-refractivity contribution in [1.29, 1.82) is 0 Å². The van der Waals surface area contributed by atoms with Gasteiger partial charge in [0.2, 0.25) is 0 Å². The van der Waals surface area contributed by atoms with Gasteiger partial charge in [0, 0.05) is 22.9 Å². The molecule has 6 heteroatoms. The summed E-state index contributed by atoms with van der Waals surface area (Å²) in [6, 6.07) is 12.7. The van der Waals surface area contributed by atoms with Gasteiger partial charge in [0.15, 0.2) is 11.5 Å². The molecule has 0 aliphatic heterocycles. The van der Waals surface area contributed by atoms with Crippen LogP contribution in [-0.2, 0) is 0 Å². The fraction of sp³-hybridized carbons (Fsp3) is 0.0526. The number of benzene rings is 2. The molecule has 6 nitrogen and oxygen atoms in total. The van der Waals surface area contributed by atoms with E-state index in [-0.39, 0.29) is 17.1 Å². The summed E-state index contributed by atoms with van der Waals surface area (Å²) in [5.74, 6) is 0.162. The first kappa shape index (κ1) is 15.0. The van der Waals surface area contributed by atoms with Gasteiger partial charge < -0.3 is 18.7 Å². The van der Waals surface area contributed by atoms with Gasteiger partial charge in [-0.05, 0) is 29.8 Å². The van der Waals surface area contributed by atoms with Gasteiger partial charge in [-0.3, -0.25) is 0 Å². The smallest absolute Gasteiger partial charge is 0.344 e. The van der Waals surface area contributed by atoms with Crippen LogP contribution in [0.1, 0.15) is 0 Å². The lowest BCUT2D eigenvalue weighted by Gasteiger charge is -2.07. The zero-order valence-corrected chi connectivity index (χ0v) is 13.1. The van der Waals surface area contributed by atoms with Crippen LogP contribution < -0.4 is 16.0 Å². The fourth-order valence-corrected chi connectivity index (χ4v) is 2.73. The van der Waals surface area contributed by atoms with E-state index in [9.17, 15) is 14.7 Å². The molecule has 0 amide bonds. The van der Waals surface area contributed by atoms with E-state index in [1.165, 1.54) is 19.2 Å². The zero-order chi connectivity index (χ0) is 17.6. The minimum Gasteiger partial charge on any atom is -0.504 e. The lowest BCUT2D eigenvalue weighted by Crippen LogP contribution is -2.03. The molecule has 2 heterocycles. The predicted octanol–water partition coefficient (Wildman–Crippen LogP) is 3.28. The number of phenols is 1. The number of phenolic OH excluding ortho intramolecular Hbond substituents is 1. The van der Waals surface area contributed by atoms with Gasteiger partial charge in [-0.2, -0.15) is 0 Å². The maximum absolute atomic E-state index is 12.3. The van der Waals surface area contributed by atoms with Crippen LogP contribution in [0, 0.1) is 0 Å². The highest BCUT2D eigenvalue weighted by Crippen LogP contribution is 2.32. The average Bonchev–Trinajstić information content (AvgIpc) is 2.60. The average molecular weight is 336 g/mol. The summed E-state index contributed by atoms with van der Waals surface area (Å²) in [7, 11) is 1.44. The largest absolute Gasteiger partial charge is 0.504 e. The third-order valence-electron chi connectivity index (χ3n) is 3.97. The number of aromatic hydroxyl groups is 1. The van der Waals surface area contributed by atoms with Crippen LogP contribution in [0.5, 0.6) is 11.5 Å². The molecule has 0 unspecified atom stereocenters. The number of ether oxygens (including phenoxy) is 1. The molecule has 2 aromatic heterocycles. The third-order valence-corrected chi connectivity index (χ3v) is 3.97. The van der Waals surface area contributed by atoms with Crippen LogP contribution in [0.2, 0.25) is 0 Å². The van der Waals surface area contributed by atoms with Gasteiger partial charge in [-0.1, -0.05) is 12.1 Å². The Kier molecular flexibility index (Phi) is 3.32. The van der Waals surface area contributed by atoms with Crippen molar-refractivity contribution in [1.82, 2.24) is 0 Å². The summed E-state index contributed by atoms with van der Waals surface area (Å²) in [4.78, 5) is 23.7. The molecular formula is C19H12O6. The molecule has 0 aliphatic carbocycles. The number of rotatable bonds is 2. The predicted molar refractivity (Wildman–Crippen MR) is 92.2 cm³/mol. The molecule has 0 radical (unpaired) electrons. The van der Waals surface area contributed by atoms with Gasteiger partial charge in [-0.25, -0.2) is 9.59 Å². The van der Waals surface area contributed by atoms with Crippen LogP contribution in [0.3, 0.4) is 0 Å². The lowest BCUT2D eigenvalue weighted by molar-refractivity contribution is 0.373. The summed E-state index contributed by atoms with van der Waals surface area (Å²) < 4.78 is 15.5. The molecule has 25 heavy (non-hydrogen) atoms. The van der Waals surface area contributed by atoms with Crippen molar-refractivity contribution in [3.63, 3.8) is 0 Å². The topological polar surface area (TPSA) is 89.9 Å². The third kappa shape index (κ3) is 2.53. The van der Waals surface area contributed by atoms with E-state index in [2.05, 4.69) is 0 Å². The van der Waals surface area contributed by atoms with Crippen molar-refractivity contribution in [2.45, 2.75) is 0 Å². The number of hydrogen-bond acceptors (Lipinski definition) is 6. The summed E-state index contributed by atoms with van der Waals surface area (Å²) in [5, 5.41) is 11.1. The van der Waals surface area contributed by atoms with Crippen LogP contribution >= 0.6 is 0 Å². The normalized spacial score (nSPS) is 11.1. The van der Waals surface area contributed by atoms with Gasteiger partial charge in [-0.15, -0.1) is 0 Å². The molecule has 0 saturated carbocycles. The quantitative estimate of drug-likeness (QED) is 0.565. The second kappa shape index (κ2) is 5.52. The zero-order valence-electron chi connectivity index (χ0n) is 13.1. The molecule has 0 bridgehead atoms. The lowest BCUT2D eigenvalue weighted by atomic mass is 10.0. The van der Waals surface area contributed by atoms with Gasteiger partial charge >= 0.3 is 11.3 Å². The monoisotopic (exact) mass is 336 g/mol. The Morgan fingerprint density at radius 2 is 1.64 bits per heavy atom. The minimum atomic E-state index is -0.560. The molecule has 0 spiro atoms. The second-order valence-corrected chi connectivity index (χ2v) is 5.52. The Hall–Kier alpha value is -3.54. The highest BCUT2D eigenvalue weighted by Gasteiger charge is 2.12. The highest BCUT2D eigenvalue weighted by atomic mass is 16.5. The summed E-state index contributed by atoms with van der Waals surface area (Å²) >= 11 is 0. The van der Waals surface area contributed by atoms with Crippen molar-refractivity contribution in [2.75, 3.05) is 7.11 Å². The molecule has 0 saturated heterocycles. The summed E-state index contributed by atoms with van der Waals surface area (Å²) in [6.07, 6.45) is 0.